The Balaban J connectivity index is -0.000000141. The van der Waals surface area contributed by atoms with Crippen LogP contribution in [0.4, 0.5) is 4.79 Å². The van der Waals surface area contributed by atoms with E-state index in [1.807, 2.05) is 0 Å². The number of rotatable bonds is 0. The summed E-state index contributed by atoms with van der Waals surface area (Å²) in [5.74, 6) is -8.17. The van der Waals surface area contributed by atoms with Gasteiger partial charge in [0.05, 0.1) is 0 Å². The Bertz CT molecular complexity index is 297. The number of aliphatic carboxylic acids is 2. The topological polar surface area (TPSA) is 144 Å². The van der Waals surface area contributed by atoms with Gasteiger partial charge in [-0.2, -0.15) is 0 Å². The van der Waals surface area contributed by atoms with Crippen molar-refractivity contribution in [2.24, 2.45) is 0 Å². The number of carbonyl (C=O) groups excluding carboxylic acids is 3. The van der Waals surface area contributed by atoms with Crippen molar-refractivity contribution in [1.29, 1.82) is 0 Å². The Kier molecular flexibility index (Phi) is 25.6. The number of ether oxygens (including phenoxy) is 2. The van der Waals surface area contributed by atoms with Crippen molar-refractivity contribution in [3.63, 3.8) is 0 Å². The van der Waals surface area contributed by atoms with Crippen LogP contribution in [0.15, 0.2) is 0 Å². The van der Waals surface area contributed by atoms with Gasteiger partial charge in [0, 0.05) is 0 Å². The summed E-state index contributed by atoms with van der Waals surface area (Å²) in [6.45, 7) is 0. The van der Waals surface area contributed by atoms with Gasteiger partial charge in [-0.25, -0.2) is 24.0 Å². The maximum atomic E-state index is 10.3. The van der Waals surface area contributed by atoms with E-state index < -0.39 is 30.0 Å². The SMILES string of the molecule is O=C(OC(=O)C(=O)O)OC(=O)C(=O)O.[LiH].[LiH].[LiH].[LiH]. The molecule has 0 aromatic heterocycles. The molecule has 0 saturated carbocycles. The van der Waals surface area contributed by atoms with Crippen LogP contribution >= 0.6 is 0 Å². The first-order chi connectivity index (χ1) is 6.34. The van der Waals surface area contributed by atoms with Gasteiger partial charge in [-0.05, 0) is 0 Å². The van der Waals surface area contributed by atoms with Crippen LogP contribution in [-0.2, 0) is 28.7 Å². The van der Waals surface area contributed by atoms with Crippen LogP contribution in [0, 0.1) is 0 Å². The number of hydrogen-bond acceptors (Lipinski definition) is 7. The third kappa shape index (κ3) is 14.0. The van der Waals surface area contributed by atoms with E-state index in [9.17, 15) is 24.0 Å². The molecule has 84 valence electrons. The van der Waals surface area contributed by atoms with Crippen LogP contribution in [0.2, 0.25) is 0 Å². The fraction of sp³-hybridized carbons (Fsp3) is 0. The van der Waals surface area contributed by atoms with E-state index in [2.05, 4.69) is 9.47 Å². The summed E-state index contributed by atoms with van der Waals surface area (Å²) in [6, 6.07) is 0. The molecule has 18 heavy (non-hydrogen) atoms. The van der Waals surface area contributed by atoms with E-state index in [0.29, 0.717) is 0 Å². The van der Waals surface area contributed by atoms with Gasteiger partial charge in [-0.1, -0.05) is 0 Å². The van der Waals surface area contributed by atoms with Crippen molar-refractivity contribution in [3.05, 3.63) is 0 Å². The van der Waals surface area contributed by atoms with Gasteiger partial charge in [0.15, 0.2) is 0 Å². The molecule has 13 heteroatoms. The Hall–Kier alpha value is -0.0604. The first-order valence-electron chi connectivity index (χ1n) is 2.78. The van der Waals surface area contributed by atoms with Gasteiger partial charge >= 0.3 is 105 Å². The van der Waals surface area contributed by atoms with Crippen molar-refractivity contribution in [2.45, 2.75) is 0 Å². The molecule has 0 fully saturated rings. The molecule has 0 aromatic carbocycles. The molecule has 0 amide bonds. The van der Waals surface area contributed by atoms with Crippen molar-refractivity contribution < 1.29 is 43.7 Å². The first kappa shape index (κ1) is 30.7. The quantitative estimate of drug-likeness (QED) is 0.185. The minimum atomic E-state index is -2.09. The van der Waals surface area contributed by atoms with Crippen LogP contribution in [0.25, 0.3) is 0 Å². The molecule has 0 aromatic rings. The fourth-order valence-corrected chi connectivity index (χ4v) is 0.260. The van der Waals surface area contributed by atoms with E-state index >= 15 is 0 Å². The number of esters is 2. The van der Waals surface area contributed by atoms with Crippen molar-refractivity contribution in [3.8, 4) is 0 Å². The van der Waals surface area contributed by atoms with Gasteiger partial charge < -0.3 is 19.7 Å². The van der Waals surface area contributed by atoms with Crippen molar-refractivity contribution in [1.82, 2.24) is 0 Å². The summed E-state index contributed by atoms with van der Waals surface area (Å²) in [7, 11) is 0. The predicted molar refractivity (Wildman–Crippen MR) is 61.4 cm³/mol. The Labute approximate surface area is 148 Å². The number of carbonyl (C=O) groups is 5. The van der Waals surface area contributed by atoms with Crippen LogP contribution in [0.5, 0.6) is 0 Å². The Morgan fingerprint density at radius 1 is 0.611 bits per heavy atom. The second-order valence-electron chi connectivity index (χ2n) is 1.64. The van der Waals surface area contributed by atoms with E-state index in [0.717, 1.165) is 0 Å². The fourth-order valence-electron chi connectivity index (χ4n) is 0.260. The van der Waals surface area contributed by atoms with E-state index in [1.165, 1.54) is 0 Å². The number of carboxylic acids is 2. The molecule has 0 radical (unpaired) electrons. The average molecular weight is 238 g/mol. The first-order valence-corrected chi connectivity index (χ1v) is 2.78. The van der Waals surface area contributed by atoms with Crippen LogP contribution < -0.4 is 0 Å². The summed E-state index contributed by atoms with van der Waals surface area (Å²) in [6.07, 6.45) is -2.02. The van der Waals surface area contributed by atoms with E-state index in [1.54, 1.807) is 0 Å². The second kappa shape index (κ2) is 15.0. The molecule has 0 heterocycles. The summed E-state index contributed by atoms with van der Waals surface area (Å²) in [4.78, 5) is 50.0. The third-order valence-electron chi connectivity index (χ3n) is 0.701. The van der Waals surface area contributed by atoms with Crippen LogP contribution in [0.1, 0.15) is 0 Å². The zero-order valence-electron chi connectivity index (χ0n) is 6.25. The summed E-state index contributed by atoms with van der Waals surface area (Å²) in [5.41, 5.74) is 0. The summed E-state index contributed by atoms with van der Waals surface area (Å²) >= 11 is 0. The molecule has 0 atom stereocenters. The number of hydrogen-bond donors (Lipinski definition) is 2. The molecule has 2 N–H and O–H groups in total. The summed E-state index contributed by atoms with van der Waals surface area (Å²) in [5, 5.41) is 15.8. The second-order valence-corrected chi connectivity index (χ2v) is 1.64. The molecule has 0 rings (SSSR count). The molecule has 0 spiro atoms. The molecular weight excluding hydrogens is 232 g/mol. The minimum absolute atomic E-state index is 0. The Morgan fingerprint density at radius 2 is 0.833 bits per heavy atom. The normalized spacial score (nSPS) is 6.67. The van der Waals surface area contributed by atoms with Crippen LogP contribution in [-0.4, -0.2) is 116 Å². The molecule has 0 unspecified atom stereocenters. The molecular formula is C5H6Li4O9. The standard InChI is InChI=1S/C5H2O9.4Li.4H/c6-1(7)3(10)13-5(12)14-4(11)2(8)9;;;;;;;;/h(H,6,7)(H,8,9);;;;;;;;. The monoisotopic (exact) mass is 238 g/mol. The predicted octanol–water partition coefficient (Wildman–Crippen LogP) is -4.23. The Morgan fingerprint density at radius 3 is 1.00 bits per heavy atom. The van der Waals surface area contributed by atoms with E-state index in [-0.39, 0.29) is 75.4 Å². The molecule has 9 nitrogen and oxygen atoms in total. The number of carboxylic acid groups (broad SMARTS) is 2. The van der Waals surface area contributed by atoms with Crippen molar-refractivity contribution in [2.75, 3.05) is 0 Å². The third-order valence-corrected chi connectivity index (χ3v) is 0.701. The van der Waals surface area contributed by atoms with Gasteiger partial charge in [0.2, 0.25) is 0 Å². The van der Waals surface area contributed by atoms with Gasteiger partial charge in [0.1, 0.15) is 0 Å². The molecule has 0 saturated heterocycles. The van der Waals surface area contributed by atoms with Gasteiger partial charge in [-0.15, -0.1) is 0 Å². The zero-order valence-corrected chi connectivity index (χ0v) is 6.25. The molecule has 0 aliphatic heterocycles. The average Bonchev–Trinajstić information content (AvgIpc) is 2.03. The summed E-state index contributed by atoms with van der Waals surface area (Å²) < 4.78 is 6.70. The maximum absolute atomic E-state index is 10.3. The van der Waals surface area contributed by atoms with E-state index in [4.69, 9.17) is 10.2 Å². The molecule has 0 aliphatic carbocycles. The van der Waals surface area contributed by atoms with Gasteiger partial charge in [0.25, 0.3) is 0 Å². The zero-order chi connectivity index (χ0) is 11.3. The van der Waals surface area contributed by atoms with Crippen LogP contribution in [0.3, 0.4) is 0 Å². The molecule has 0 aliphatic rings. The van der Waals surface area contributed by atoms with Crippen molar-refractivity contribution >= 4 is 105 Å². The van der Waals surface area contributed by atoms with Gasteiger partial charge in [-0.3, -0.25) is 0 Å². The molecule has 0 bridgehead atoms.